The molecule has 1 aliphatic carbocycles. The summed E-state index contributed by atoms with van der Waals surface area (Å²) in [4.78, 5) is 38.8. The quantitative estimate of drug-likeness (QED) is 0.108. The molecule has 0 heterocycles. The van der Waals surface area contributed by atoms with Crippen LogP contribution in [-0.4, -0.2) is 39.4 Å². The maximum absolute atomic E-state index is 13.5. The van der Waals surface area contributed by atoms with Crippen molar-refractivity contribution in [1.29, 1.82) is 0 Å². The first-order valence-corrected chi connectivity index (χ1v) is 12.2. The highest BCUT2D eigenvalue weighted by molar-refractivity contribution is 6.36. The number of carbonyl (C=O) groups excluding carboxylic acids is 3. The molecule has 1 aromatic carbocycles. The zero-order valence-corrected chi connectivity index (χ0v) is 23.0. The molecule has 0 fully saturated rings. The molecule has 0 saturated carbocycles. The third-order valence-corrected chi connectivity index (χ3v) is 5.84. The first kappa shape index (κ1) is 28.9. The van der Waals surface area contributed by atoms with Crippen molar-refractivity contribution in [3.8, 4) is 5.75 Å². The van der Waals surface area contributed by atoms with E-state index in [4.69, 9.17) is 14.2 Å². The minimum absolute atomic E-state index is 0.104. The Kier molecular flexibility index (Phi) is 9.35. The molecule has 0 aliphatic heterocycles. The van der Waals surface area contributed by atoms with Gasteiger partial charge in [0, 0.05) is 22.9 Å². The summed E-state index contributed by atoms with van der Waals surface area (Å²) < 4.78 is 15.5. The van der Waals surface area contributed by atoms with Crippen molar-refractivity contribution in [2.24, 2.45) is 0 Å². The van der Waals surface area contributed by atoms with Gasteiger partial charge >= 0.3 is 6.16 Å². The molecule has 1 N–H and O–H groups in total. The van der Waals surface area contributed by atoms with Crippen LogP contribution < -0.4 is 10.1 Å². The van der Waals surface area contributed by atoms with Crippen molar-refractivity contribution >= 4 is 31.4 Å². The van der Waals surface area contributed by atoms with E-state index >= 15 is 0 Å². The summed E-state index contributed by atoms with van der Waals surface area (Å²) in [6, 6.07) is 3.54. The number of allylic oxidation sites excluding steroid dienone is 4. The zero-order valence-electron chi connectivity index (χ0n) is 23.0. The molecule has 0 unspecified atom stereocenters. The summed E-state index contributed by atoms with van der Waals surface area (Å²) in [5.74, 6) is -0.733. The second-order valence-electron chi connectivity index (χ2n) is 10.8. The van der Waals surface area contributed by atoms with Gasteiger partial charge in [-0.05, 0) is 42.2 Å². The summed E-state index contributed by atoms with van der Waals surface area (Å²) in [7, 11) is 3.09. The number of nitrogens with one attached hydrogen (secondary N) is 1. The van der Waals surface area contributed by atoms with E-state index in [0.29, 0.717) is 17.9 Å². The average Bonchev–Trinajstić information content (AvgIpc) is 2.77. The number of carbonyl (C=O) groups is 3. The predicted octanol–water partition coefficient (Wildman–Crippen LogP) is 5.09. The van der Waals surface area contributed by atoms with Gasteiger partial charge in [0.05, 0.1) is 20.0 Å². The van der Waals surface area contributed by atoms with Crippen LogP contribution in [-0.2, 0) is 29.9 Å². The lowest BCUT2D eigenvalue weighted by molar-refractivity contribution is -0.118. The maximum atomic E-state index is 13.5. The fourth-order valence-corrected chi connectivity index (χ4v) is 3.89. The van der Waals surface area contributed by atoms with Gasteiger partial charge < -0.3 is 19.5 Å². The minimum atomic E-state index is -0.861. The van der Waals surface area contributed by atoms with E-state index in [1.54, 1.807) is 13.0 Å². The lowest BCUT2D eigenvalue weighted by Crippen LogP contribution is -2.26. The number of rotatable bonds is 7. The van der Waals surface area contributed by atoms with Gasteiger partial charge in [0.1, 0.15) is 19.2 Å². The van der Waals surface area contributed by atoms with Gasteiger partial charge in [-0.25, -0.2) is 4.79 Å². The molecule has 7 nitrogen and oxygen atoms in total. The lowest BCUT2D eigenvalue weighted by Gasteiger charge is -2.29. The van der Waals surface area contributed by atoms with Gasteiger partial charge in [0.25, 0.3) is 5.91 Å². The molecule has 0 atom stereocenters. The van der Waals surface area contributed by atoms with Crippen LogP contribution in [0.3, 0.4) is 0 Å². The Bertz CT molecular complexity index is 1120. The van der Waals surface area contributed by atoms with Gasteiger partial charge in [-0.1, -0.05) is 59.2 Å². The number of methoxy groups -OCH3 is 1. The lowest BCUT2D eigenvalue weighted by atomic mass is 9.79. The largest absolute Gasteiger partial charge is 0.513 e. The third kappa shape index (κ3) is 7.12. The molecule has 36 heavy (non-hydrogen) atoms. The highest BCUT2D eigenvalue weighted by Gasteiger charge is 2.30. The number of hydrogen-bond acceptors (Lipinski definition) is 6. The Morgan fingerprint density at radius 2 is 1.61 bits per heavy atom. The number of Topliss-reactive ketones (excluding diaryl/α,β-unsaturated/α-hetero) is 1. The SMILES string of the molecule is BC1=CCCC=C1C(=O)/C(=C/OCC)C(=O)Nc1cc(OC(=O)OC)c(C(C)(C)C)cc1C(C)(C)C. The number of hydrogen-bond donors (Lipinski definition) is 1. The summed E-state index contributed by atoms with van der Waals surface area (Å²) in [6.45, 7) is 14.2. The molecule has 8 heteroatoms. The van der Waals surface area contributed by atoms with Crippen LogP contribution >= 0.6 is 0 Å². The Labute approximate surface area is 215 Å². The summed E-state index contributed by atoms with van der Waals surface area (Å²) >= 11 is 0. The van der Waals surface area contributed by atoms with E-state index in [1.807, 2.05) is 67.6 Å². The van der Waals surface area contributed by atoms with Crippen molar-refractivity contribution in [2.75, 3.05) is 19.0 Å². The molecule has 0 aromatic heterocycles. The molecule has 1 aliphatic rings. The van der Waals surface area contributed by atoms with Crippen LogP contribution in [0, 0.1) is 0 Å². The van der Waals surface area contributed by atoms with Crippen LogP contribution in [0.1, 0.15) is 72.4 Å². The number of anilines is 1. The van der Waals surface area contributed by atoms with E-state index in [0.717, 1.165) is 29.4 Å². The van der Waals surface area contributed by atoms with Crippen molar-refractivity contribution in [3.63, 3.8) is 0 Å². The second kappa shape index (κ2) is 11.6. The van der Waals surface area contributed by atoms with Crippen molar-refractivity contribution in [1.82, 2.24) is 0 Å². The summed E-state index contributed by atoms with van der Waals surface area (Å²) in [5, 5.41) is 2.88. The topological polar surface area (TPSA) is 90.9 Å². The fraction of sp³-hybridized carbons (Fsp3) is 0.464. The average molecular weight is 495 g/mol. The highest BCUT2D eigenvalue weighted by Crippen LogP contribution is 2.40. The molecule has 0 spiro atoms. The van der Waals surface area contributed by atoms with Crippen molar-refractivity contribution < 1.29 is 28.6 Å². The van der Waals surface area contributed by atoms with E-state index in [9.17, 15) is 14.4 Å². The van der Waals surface area contributed by atoms with Gasteiger partial charge in [0.15, 0.2) is 0 Å². The summed E-state index contributed by atoms with van der Waals surface area (Å²) in [5.41, 5.74) is 2.54. The number of amides is 1. The van der Waals surface area contributed by atoms with E-state index < -0.39 is 17.8 Å². The molecular weight excluding hydrogens is 457 g/mol. The van der Waals surface area contributed by atoms with Crippen LogP contribution in [0.4, 0.5) is 10.5 Å². The first-order chi connectivity index (χ1) is 16.7. The zero-order chi connectivity index (χ0) is 27.3. The smallest absolute Gasteiger partial charge is 0.501 e. The van der Waals surface area contributed by atoms with Crippen LogP contribution in [0.2, 0.25) is 0 Å². The monoisotopic (exact) mass is 495 g/mol. The fourth-order valence-electron chi connectivity index (χ4n) is 3.89. The molecule has 0 bridgehead atoms. The van der Waals surface area contributed by atoms with E-state index in [-0.39, 0.29) is 22.2 Å². The standard InChI is InChI=1S/C28H38BNO6/c1-9-35-16-18(24(31)17-12-10-11-13-21(17)29)25(32)30-22-15-23(36-26(33)34-8)20(28(5,6)7)14-19(22)27(2,3)4/h12-16H,9-11,29H2,1-8H3,(H,30,32)/b18-16-. The molecule has 0 radical (unpaired) electrons. The Balaban J connectivity index is 2.61. The Hall–Kier alpha value is -3.29. The molecule has 1 aromatic rings. The van der Waals surface area contributed by atoms with Crippen LogP contribution in [0.5, 0.6) is 5.75 Å². The Morgan fingerprint density at radius 1 is 1.00 bits per heavy atom. The number of benzene rings is 1. The van der Waals surface area contributed by atoms with Crippen LogP contribution in [0.25, 0.3) is 0 Å². The van der Waals surface area contributed by atoms with E-state index in [1.165, 1.54) is 13.4 Å². The molecule has 2 rings (SSSR count). The highest BCUT2D eigenvalue weighted by atomic mass is 16.7. The van der Waals surface area contributed by atoms with Gasteiger partial charge in [0.2, 0.25) is 5.78 Å². The predicted molar refractivity (Wildman–Crippen MR) is 144 cm³/mol. The molecule has 194 valence electrons. The molecular formula is C28H38BNO6. The molecule has 0 saturated heterocycles. The van der Waals surface area contributed by atoms with Crippen molar-refractivity contribution in [2.45, 2.75) is 72.1 Å². The maximum Gasteiger partial charge on any atom is 0.513 e. The minimum Gasteiger partial charge on any atom is -0.501 e. The van der Waals surface area contributed by atoms with Crippen molar-refractivity contribution in [3.05, 3.63) is 58.3 Å². The summed E-state index contributed by atoms with van der Waals surface area (Å²) in [6.07, 6.45) is 5.79. The Morgan fingerprint density at radius 3 is 2.14 bits per heavy atom. The van der Waals surface area contributed by atoms with E-state index in [2.05, 4.69) is 5.32 Å². The second-order valence-corrected chi connectivity index (χ2v) is 10.8. The normalized spacial score (nSPS) is 14.4. The first-order valence-electron chi connectivity index (χ1n) is 12.2. The molecule has 1 amide bonds. The third-order valence-electron chi connectivity index (χ3n) is 5.84. The van der Waals surface area contributed by atoms with Gasteiger partial charge in [-0.2, -0.15) is 0 Å². The van der Waals surface area contributed by atoms with Gasteiger partial charge in [-0.3, -0.25) is 9.59 Å². The van der Waals surface area contributed by atoms with Gasteiger partial charge in [-0.15, -0.1) is 0 Å². The van der Waals surface area contributed by atoms with Crippen LogP contribution in [0.15, 0.2) is 47.2 Å². The number of ketones is 1. The number of ether oxygens (including phenoxy) is 3.